The van der Waals surface area contributed by atoms with Gasteiger partial charge in [0.2, 0.25) is 0 Å². The zero-order chi connectivity index (χ0) is 27.6. The highest BCUT2D eigenvalue weighted by Crippen LogP contribution is 2.30. The average molecular weight is 573 g/mol. The molecular weight excluding hydrogens is 554 g/mol. The fourth-order valence-electron chi connectivity index (χ4n) is 4.51. The van der Waals surface area contributed by atoms with Gasteiger partial charge in [-0.05, 0) is 64.0 Å². The van der Waals surface area contributed by atoms with Crippen LogP contribution in [0.4, 0.5) is 4.39 Å². The van der Waals surface area contributed by atoms with Crippen LogP contribution in [-0.4, -0.2) is 39.7 Å². The van der Waals surface area contributed by atoms with Gasteiger partial charge < -0.3 is 9.55 Å². The summed E-state index contributed by atoms with van der Waals surface area (Å²) in [5.41, 5.74) is 4.01. The van der Waals surface area contributed by atoms with E-state index < -0.39 is 6.04 Å². The van der Waals surface area contributed by atoms with E-state index in [4.69, 9.17) is 23.2 Å². The lowest BCUT2D eigenvalue weighted by molar-refractivity contribution is 0.536. The van der Waals surface area contributed by atoms with Gasteiger partial charge in [-0.25, -0.2) is 9.37 Å². The highest BCUT2D eigenvalue weighted by Gasteiger charge is 2.21. The van der Waals surface area contributed by atoms with Crippen molar-refractivity contribution in [1.29, 1.82) is 0 Å². The summed E-state index contributed by atoms with van der Waals surface area (Å²) >= 11 is 12.4. The first-order valence-corrected chi connectivity index (χ1v) is 12.9. The van der Waals surface area contributed by atoms with Gasteiger partial charge in [0.25, 0.3) is 5.56 Å². The van der Waals surface area contributed by atoms with Crippen LogP contribution in [0, 0.1) is 5.82 Å². The van der Waals surface area contributed by atoms with Gasteiger partial charge in [-0.1, -0.05) is 35.3 Å². The largest absolute Gasteiger partial charge is 0.340 e. The number of nitrogens with one attached hydrogen (secondary N) is 1. The number of imidazole rings is 1. The van der Waals surface area contributed by atoms with Crippen molar-refractivity contribution in [2.24, 2.45) is 0 Å². The zero-order valence-corrected chi connectivity index (χ0v) is 22.1. The molecule has 4 aromatic heterocycles. The molecule has 4 heterocycles. The predicted molar refractivity (Wildman–Crippen MR) is 149 cm³/mol. The van der Waals surface area contributed by atoms with Crippen LogP contribution in [0.3, 0.4) is 0 Å². The summed E-state index contributed by atoms with van der Waals surface area (Å²) < 4.78 is 16.7. The Labute approximate surface area is 236 Å². The standard InChI is InChI=1S/C28H19Cl2FN8O/c29-20-3-6-25(39-16-34-36-37-39)23(12-20)18-7-8-38(27(40)11-18)26(9-17-1-4-22(31)5-2-17)28-33-15-24(35-28)19-10-21(30)14-32-13-19/h1-8,10-16,26H,9H2,(H,33,35)/t26-/m1/s1. The van der Waals surface area contributed by atoms with Crippen LogP contribution < -0.4 is 5.56 Å². The summed E-state index contributed by atoms with van der Waals surface area (Å²) in [5.74, 6) is 0.210. The topological polar surface area (TPSA) is 107 Å². The smallest absolute Gasteiger partial charge is 0.251 e. The molecule has 0 aliphatic rings. The van der Waals surface area contributed by atoms with Gasteiger partial charge in [0.15, 0.2) is 0 Å². The van der Waals surface area contributed by atoms with Gasteiger partial charge in [-0.3, -0.25) is 9.78 Å². The van der Waals surface area contributed by atoms with Crippen molar-refractivity contribution >= 4 is 23.2 Å². The van der Waals surface area contributed by atoms with Crippen LogP contribution in [0.5, 0.6) is 0 Å². The molecule has 6 aromatic rings. The van der Waals surface area contributed by atoms with Crippen molar-refractivity contribution in [3.05, 3.63) is 129 Å². The minimum atomic E-state index is -0.522. The molecule has 1 N–H and O–H groups in total. The number of halogens is 3. The Hall–Kier alpha value is -4.67. The number of H-pyrrole nitrogens is 1. The predicted octanol–water partition coefficient (Wildman–Crippen LogP) is 5.55. The Morgan fingerprint density at radius 2 is 1.77 bits per heavy atom. The van der Waals surface area contributed by atoms with E-state index in [1.54, 1.807) is 65.8 Å². The number of hydrogen-bond donors (Lipinski definition) is 1. The van der Waals surface area contributed by atoms with Crippen LogP contribution in [0.1, 0.15) is 17.4 Å². The number of rotatable bonds is 7. The zero-order valence-electron chi connectivity index (χ0n) is 20.6. The second kappa shape index (κ2) is 10.8. The molecule has 12 heteroatoms. The maximum atomic E-state index is 13.6. The summed E-state index contributed by atoms with van der Waals surface area (Å²) in [6.07, 6.45) is 8.45. The Balaban J connectivity index is 1.42. The minimum Gasteiger partial charge on any atom is -0.340 e. The van der Waals surface area contributed by atoms with Gasteiger partial charge in [-0.15, -0.1) is 5.10 Å². The molecule has 198 valence electrons. The van der Waals surface area contributed by atoms with E-state index >= 15 is 0 Å². The Morgan fingerprint density at radius 1 is 0.925 bits per heavy atom. The molecule has 6 rings (SSSR count). The lowest BCUT2D eigenvalue weighted by Gasteiger charge is -2.19. The molecule has 0 bridgehead atoms. The lowest BCUT2D eigenvalue weighted by atomic mass is 10.0. The number of tetrazole rings is 1. The van der Waals surface area contributed by atoms with Gasteiger partial charge >= 0.3 is 0 Å². The van der Waals surface area contributed by atoms with Gasteiger partial charge in [0.1, 0.15) is 18.0 Å². The van der Waals surface area contributed by atoms with Gasteiger partial charge in [-0.2, -0.15) is 4.68 Å². The summed E-state index contributed by atoms with van der Waals surface area (Å²) in [6, 6.07) is 16.0. The maximum absolute atomic E-state index is 13.6. The van der Waals surface area contributed by atoms with E-state index in [0.717, 1.165) is 11.1 Å². The Morgan fingerprint density at radius 3 is 2.52 bits per heavy atom. The third-order valence-electron chi connectivity index (χ3n) is 6.42. The molecule has 0 saturated carbocycles. The first-order valence-electron chi connectivity index (χ1n) is 12.1. The van der Waals surface area contributed by atoms with Crippen molar-refractivity contribution in [2.75, 3.05) is 0 Å². The minimum absolute atomic E-state index is 0.269. The van der Waals surface area contributed by atoms with E-state index in [2.05, 4.69) is 30.5 Å². The molecule has 1 atom stereocenters. The van der Waals surface area contributed by atoms with Crippen molar-refractivity contribution in [2.45, 2.75) is 12.5 Å². The molecule has 0 spiro atoms. The van der Waals surface area contributed by atoms with Gasteiger partial charge in [0, 0.05) is 47.2 Å². The number of aromatic nitrogens is 8. The second-order valence-electron chi connectivity index (χ2n) is 9.00. The third kappa shape index (κ3) is 5.27. The molecule has 9 nitrogen and oxygen atoms in total. The lowest BCUT2D eigenvalue weighted by Crippen LogP contribution is -2.27. The normalized spacial score (nSPS) is 12.0. The van der Waals surface area contributed by atoms with Crippen molar-refractivity contribution < 1.29 is 4.39 Å². The molecular formula is C28H19Cl2FN8O. The summed E-state index contributed by atoms with van der Waals surface area (Å²) in [4.78, 5) is 25.7. The molecule has 0 fully saturated rings. The first kappa shape index (κ1) is 25.6. The molecule has 0 aliphatic carbocycles. The molecule has 0 amide bonds. The highest BCUT2D eigenvalue weighted by atomic mass is 35.5. The van der Waals surface area contributed by atoms with Crippen LogP contribution in [-0.2, 0) is 6.42 Å². The third-order valence-corrected chi connectivity index (χ3v) is 6.86. The van der Waals surface area contributed by atoms with E-state index in [-0.39, 0.29) is 11.4 Å². The second-order valence-corrected chi connectivity index (χ2v) is 9.87. The Bertz CT molecular complexity index is 1850. The van der Waals surface area contributed by atoms with Crippen molar-refractivity contribution in [3.63, 3.8) is 0 Å². The number of nitrogens with zero attached hydrogens (tertiary/aromatic N) is 7. The van der Waals surface area contributed by atoms with Gasteiger partial charge in [0.05, 0.1) is 28.6 Å². The molecule has 2 aromatic carbocycles. The maximum Gasteiger partial charge on any atom is 0.251 e. The van der Waals surface area contributed by atoms with Crippen LogP contribution in [0.2, 0.25) is 10.0 Å². The number of hydrogen-bond acceptors (Lipinski definition) is 6. The highest BCUT2D eigenvalue weighted by molar-refractivity contribution is 6.31. The molecule has 0 unspecified atom stereocenters. The van der Waals surface area contributed by atoms with Crippen molar-refractivity contribution in [1.82, 2.24) is 39.7 Å². The average Bonchev–Trinajstić information content (AvgIpc) is 3.66. The summed E-state index contributed by atoms with van der Waals surface area (Å²) in [7, 11) is 0. The molecule has 40 heavy (non-hydrogen) atoms. The first-order chi connectivity index (χ1) is 19.4. The SMILES string of the molecule is O=c1cc(-c2cc(Cl)ccc2-n2cnnn2)ccn1[C@H](Cc1ccc(F)cc1)c1ncc(-c2cncc(Cl)c2)[nH]1. The number of pyridine rings is 2. The fraction of sp³-hybridized carbons (Fsp3) is 0.0714. The fourth-order valence-corrected chi connectivity index (χ4v) is 4.85. The quantitative estimate of drug-likeness (QED) is 0.268. The van der Waals surface area contributed by atoms with Crippen LogP contribution >= 0.6 is 23.2 Å². The summed E-state index contributed by atoms with van der Waals surface area (Å²) in [5, 5.41) is 12.4. The van der Waals surface area contributed by atoms with Crippen LogP contribution in [0.25, 0.3) is 28.1 Å². The molecule has 0 aliphatic heterocycles. The monoisotopic (exact) mass is 572 g/mol. The van der Waals surface area contributed by atoms with E-state index in [1.807, 2.05) is 6.07 Å². The van der Waals surface area contributed by atoms with E-state index in [0.29, 0.717) is 44.8 Å². The van der Waals surface area contributed by atoms with Crippen molar-refractivity contribution in [3.8, 4) is 28.1 Å². The molecule has 0 saturated heterocycles. The molecule has 0 radical (unpaired) electrons. The van der Waals surface area contributed by atoms with E-state index in [1.165, 1.54) is 29.2 Å². The van der Waals surface area contributed by atoms with E-state index in [9.17, 15) is 9.18 Å². The summed E-state index contributed by atoms with van der Waals surface area (Å²) in [6.45, 7) is 0. The van der Waals surface area contributed by atoms with Crippen LogP contribution in [0.15, 0.2) is 96.6 Å². The number of benzene rings is 2. The number of aromatic amines is 1. The Kier molecular flexibility index (Phi) is 6.93.